The van der Waals surface area contributed by atoms with Gasteiger partial charge in [-0.1, -0.05) is 19.4 Å². The van der Waals surface area contributed by atoms with Crippen molar-refractivity contribution in [1.29, 1.82) is 0 Å². The molecule has 152 valence electrons. The number of halogens is 1. The highest BCUT2D eigenvalue weighted by Gasteiger charge is 2.08. The number of hydrogen-bond donors (Lipinski definition) is 3. The zero-order chi connectivity index (χ0) is 18.8. The average molecular weight is 487 g/mol. The number of guanidine groups is 1. The summed E-state index contributed by atoms with van der Waals surface area (Å²) in [6, 6.07) is 4.13. The maximum Gasteiger partial charge on any atom is 0.191 e. The Morgan fingerprint density at radius 2 is 2.11 bits per heavy atom. The SMILES string of the molecule is CCCC(CCO)CN=C(NCC)NCCc1cn2cccc(C)c2n1.I. The fraction of sp³-hybridized carbons (Fsp3) is 0.600. The minimum atomic E-state index is 0. The standard InChI is InChI=1S/C20H33N5O.HI/c1-4-7-17(10-13-26)14-23-20(21-5-2)22-11-9-18-15-25-12-6-8-16(3)19(25)24-18;/h6,8,12,15,17,26H,4-5,7,9-11,13-14H2,1-3H3,(H2,21,22,23);1H. The van der Waals surface area contributed by atoms with Crippen molar-refractivity contribution in [2.45, 2.75) is 46.5 Å². The van der Waals surface area contributed by atoms with E-state index in [1.807, 2.05) is 12.3 Å². The molecule has 2 rings (SSSR count). The van der Waals surface area contributed by atoms with Crippen molar-refractivity contribution in [3.63, 3.8) is 0 Å². The number of aliphatic imine (C=N–C) groups is 1. The zero-order valence-electron chi connectivity index (χ0n) is 16.7. The number of nitrogens with one attached hydrogen (secondary N) is 2. The summed E-state index contributed by atoms with van der Waals surface area (Å²) in [4.78, 5) is 9.41. The van der Waals surface area contributed by atoms with E-state index in [-0.39, 0.29) is 30.6 Å². The third-order valence-corrected chi connectivity index (χ3v) is 4.49. The number of pyridine rings is 1. The first-order chi connectivity index (χ1) is 12.7. The number of rotatable bonds is 10. The second kappa shape index (κ2) is 12.9. The molecule has 0 spiro atoms. The van der Waals surface area contributed by atoms with Crippen LogP contribution in [0, 0.1) is 12.8 Å². The molecule has 7 heteroatoms. The van der Waals surface area contributed by atoms with Crippen LogP contribution in [-0.4, -0.2) is 46.7 Å². The van der Waals surface area contributed by atoms with Crippen molar-refractivity contribution < 1.29 is 5.11 Å². The van der Waals surface area contributed by atoms with Gasteiger partial charge in [0.05, 0.1) is 5.69 Å². The number of aromatic nitrogens is 2. The fourth-order valence-electron chi connectivity index (χ4n) is 3.11. The number of aliphatic hydroxyl groups is 1. The molecular formula is C20H34IN5O. The first-order valence-electron chi connectivity index (χ1n) is 9.74. The van der Waals surface area contributed by atoms with E-state index in [9.17, 15) is 5.11 Å². The zero-order valence-corrected chi connectivity index (χ0v) is 19.1. The molecule has 0 saturated heterocycles. The molecule has 2 heterocycles. The Balaban J connectivity index is 0.00000364. The van der Waals surface area contributed by atoms with E-state index in [1.165, 1.54) is 5.56 Å². The molecule has 0 radical (unpaired) electrons. The third kappa shape index (κ3) is 7.65. The summed E-state index contributed by atoms with van der Waals surface area (Å²) < 4.78 is 2.08. The number of imidazole rings is 1. The summed E-state index contributed by atoms with van der Waals surface area (Å²) in [7, 11) is 0. The van der Waals surface area contributed by atoms with Crippen LogP contribution >= 0.6 is 24.0 Å². The second-order valence-corrected chi connectivity index (χ2v) is 6.72. The van der Waals surface area contributed by atoms with Crippen molar-refractivity contribution in [2.75, 3.05) is 26.2 Å². The van der Waals surface area contributed by atoms with Gasteiger partial charge in [0.1, 0.15) is 5.65 Å². The van der Waals surface area contributed by atoms with E-state index in [1.54, 1.807) is 0 Å². The second-order valence-electron chi connectivity index (χ2n) is 6.72. The van der Waals surface area contributed by atoms with Crippen molar-refractivity contribution in [1.82, 2.24) is 20.0 Å². The van der Waals surface area contributed by atoms with Gasteiger partial charge in [-0.25, -0.2) is 4.98 Å². The lowest BCUT2D eigenvalue weighted by molar-refractivity contribution is 0.253. The Morgan fingerprint density at radius 3 is 2.78 bits per heavy atom. The molecule has 0 fully saturated rings. The molecule has 1 unspecified atom stereocenters. The van der Waals surface area contributed by atoms with Crippen molar-refractivity contribution in [2.24, 2.45) is 10.9 Å². The molecule has 6 nitrogen and oxygen atoms in total. The van der Waals surface area contributed by atoms with Crippen LogP contribution in [0.3, 0.4) is 0 Å². The Labute approximate surface area is 179 Å². The normalized spacial score (nSPS) is 12.7. The smallest absolute Gasteiger partial charge is 0.191 e. The molecule has 0 saturated carbocycles. The first kappa shape index (κ1) is 23.7. The summed E-state index contributed by atoms with van der Waals surface area (Å²) >= 11 is 0. The van der Waals surface area contributed by atoms with Crippen LogP contribution in [0.1, 0.15) is 44.4 Å². The Morgan fingerprint density at radius 1 is 1.30 bits per heavy atom. The summed E-state index contributed by atoms with van der Waals surface area (Å²) in [6.45, 7) is 8.92. The van der Waals surface area contributed by atoms with Gasteiger partial charge < -0.3 is 20.1 Å². The molecule has 2 aromatic rings. The molecule has 27 heavy (non-hydrogen) atoms. The Hall–Kier alpha value is -1.35. The molecule has 0 amide bonds. The average Bonchev–Trinajstić information content (AvgIpc) is 3.04. The third-order valence-electron chi connectivity index (χ3n) is 4.49. The molecule has 0 aromatic carbocycles. The van der Waals surface area contributed by atoms with Gasteiger partial charge in [-0.2, -0.15) is 0 Å². The molecule has 2 aromatic heterocycles. The van der Waals surface area contributed by atoms with E-state index < -0.39 is 0 Å². The maximum atomic E-state index is 9.19. The highest BCUT2D eigenvalue weighted by molar-refractivity contribution is 14.0. The summed E-state index contributed by atoms with van der Waals surface area (Å²) in [5.74, 6) is 1.29. The summed E-state index contributed by atoms with van der Waals surface area (Å²) in [6.07, 6.45) is 8.01. The number of fused-ring (bicyclic) bond motifs is 1. The molecule has 0 aliphatic heterocycles. The monoisotopic (exact) mass is 487 g/mol. The lowest BCUT2D eigenvalue weighted by Gasteiger charge is -2.15. The Kier molecular flexibility index (Phi) is 11.3. The lowest BCUT2D eigenvalue weighted by Crippen LogP contribution is -2.38. The molecular weight excluding hydrogens is 453 g/mol. The van der Waals surface area contributed by atoms with Crippen LogP contribution in [0.4, 0.5) is 0 Å². The highest BCUT2D eigenvalue weighted by Crippen LogP contribution is 2.11. The van der Waals surface area contributed by atoms with E-state index in [4.69, 9.17) is 9.98 Å². The van der Waals surface area contributed by atoms with E-state index in [2.05, 4.69) is 48.1 Å². The highest BCUT2D eigenvalue weighted by atomic mass is 127. The largest absolute Gasteiger partial charge is 0.396 e. The number of nitrogens with zero attached hydrogens (tertiary/aromatic N) is 3. The molecule has 3 N–H and O–H groups in total. The fourth-order valence-corrected chi connectivity index (χ4v) is 3.11. The quantitative estimate of drug-likeness (QED) is 0.274. The van der Waals surface area contributed by atoms with Gasteiger partial charge in [-0.05, 0) is 44.2 Å². The van der Waals surface area contributed by atoms with Crippen molar-refractivity contribution in [3.8, 4) is 0 Å². The number of hydrogen-bond acceptors (Lipinski definition) is 3. The summed E-state index contributed by atoms with van der Waals surface area (Å²) in [5.41, 5.74) is 3.29. The van der Waals surface area contributed by atoms with Gasteiger partial charge in [-0.3, -0.25) is 4.99 Å². The number of aryl methyl sites for hydroxylation is 1. The van der Waals surface area contributed by atoms with Crippen molar-refractivity contribution in [3.05, 3.63) is 35.8 Å². The van der Waals surface area contributed by atoms with Crippen LogP contribution < -0.4 is 10.6 Å². The van der Waals surface area contributed by atoms with Crippen LogP contribution in [0.5, 0.6) is 0 Å². The topological polar surface area (TPSA) is 74.0 Å². The Bertz CT molecular complexity index is 695. The molecule has 1 atom stereocenters. The first-order valence-corrected chi connectivity index (χ1v) is 9.74. The minimum absolute atomic E-state index is 0. The van der Waals surface area contributed by atoms with Crippen LogP contribution in [-0.2, 0) is 6.42 Å². The predicted octanol–water partition coefficient (Wildman–Crippen LogP) is 3.16. The van der Waals surface area contributed by atoms with Crippen LogP contribution in [0.25, 0.3) is 5.65 Å². The van der Waals surface area contributed by atoms with Crippen LogP contribution in [0.15, 0.2) is 29.5 Å². The number of aliphatic hydroxyl groups excluding tert-OH is 1. The van der Waals surface area contributed by atoms with E-state index in [0.29, 0.717) is 5.92 Å². The van der Waals surface area contributed by atoms with Gasteiger partial charge in [0, 0.05) is 45.1 Å². The van der Waals surface area contributed by atoms with Crippen LogP contribution in [0.2, 0.25) is 0 Å². The maximum absolute atomic E-state index is 9.19. The van der Waals surface area contributed by atoms with E-state index in [0.717, 1.165) is 62.6 Å². The van der Waals surface area contributed by atoms with Crippen molar-refractivity contribution >= 4 is 35.6 Å². The lowest BCUT2D eigenvalue weighted by atomic mass is 10.0. The summed E-state index contributed by atoms with van der Waals surface area (Å²) in [5, 5.41) is 15.9. The molecule has 0 bridgehead atoms. The molecule has 0 aliphatic carbocycles. The van der Waals surface area contributed by atoms with Gasteiger partial charge in [0.15, 0.2) is 5.96 Å². The van der Waals surface area contributed by atoms with Gasteiger partial charge in [0.2, 0.25) is 0 Å². The van der Waals surface area contributed by atoms with Gasteiger partial charge in [0.25, 0.3) is 0 Å². The molecule has 0 aliphatic rings. The predicted molar refractivity (Wildman–Crippen MR) is 123 cm³/mol. The van der Waals surface area contributed by atoms with Gasteiger partial charge in [-0.15, -0.1) is 24.0 Å². The van der Waals surface area contributed by atoms with E-state index >= 15 is 0 Å². The van der Waals surface area contributed by atoms with Gasteiger partial charge >= 0.3 is 0 Å². The minimum Gasteiger partial charge on any atom is -0.396 e.